The molecule has 11 nitrogen and oxygen atoms in total. The first-order chi connectivity index (χ1) is 21.2. The molecule has 2 aromatic carbocycles. The molecule has 14 heteroatoms. The van der Waals surface area contributed by atoms with Crippen LogP contribution in [0.4, 0.5) is 24.8 Å². The standard InChI is InChI=1S/C30H33F3N6O3.CH2O2/c1-19-25(27(40)42-5)26(24-14-13-20(18-34)16-21(24)10-7-6-8-15-39(2,3)4)38-28(35-36-29(38)41)37(19)23-12-9-11-22(17-23)30(31,32)33;2-1-3/h9,11-14,16-17,26H,6-8,10,15H2,1-5H3;1H,(H,2,3)/t26-;/m1./s1. The molecule has 2 heterocycles. The van der Waals surface area contributed by atoms with Crippen molar-refractivity contribution >= 4 is 24.1 Å². The van der Waals surface area contributed by atoms with Gasteiger partial charge in [0.2, 0.25) is 5.95 Å². The third-order valence-electron chi connectivity index (χ3n) is 7.32. The number of hydrogen-bond acceptors (Lipinski definition) is 8. The van der Waals surface area contributed by atoms with Gasteiger partial charge in [-0.3, -0.25) is 4.90 Å². The topological polar surface area (TPSA) is 144 Å². The number of anilines is 2. The van der Waals surface area contributed by atoms with Gasteiger partial charge in [-0.2, -0.15) is 18.4 Å². The summed E-state index contributed by atoms with van der Waals surface area (Å²) in [6.45, 7) is 2.08. The zero-order valence-corrected chi connectivity index (χ0v) is 25.6. The first kappa shape index (κ1) is 34.6. The van der Waals surface area contributed by atoms with Gasteiger partial charge in [-0.05, 0) is 74.1 Å². The monoisotopic (exact) mass is 628 g/mol. The number of nitrogens with zero attached hydrogens (tertiary/aromatic N) is 5. The number of ether oxygens (including phenoxy) is 1. The molecule has 0 aliphatic carbocycles. The number of halogens is 3. The van der Waals surface area contributed by atoms with Crippen LogP contribution < -0.4 is 15.7 Å². The zero-order chi connectivity index (χ0) is 33.5. The van der Waals surface area contributed by atoms with Crippen LogP contribution in [0, 0.1) is 11.3 Å². The van der Waals surface area contributed by atoms with E-state index in [1.807, 2.05) is 0 Å². The summed E-state index contributed by atoms with van der Waals surface area (Å²) in [4.78, 5) is 36.2. The van der Waals surface area contributed by atoms with E-state index in [9.17, 15) is 28.0 Å². The smallest absolute Gasteiger partial charge is 0.416 e. The van der Waals surface area contributed by atoms with Crippen LogP contribution in [-0.4, -0.2) is 66.5 Å². The molecule has 4 rings (SSSR count). The number of aromatic nitrogens is 3. The number of allylic oxidation sites excluding steroid dienone is 1. The van der Waals surface area contributed by atoms with Gasteiger partial charge in [-0.1, -0.05) is 12.1 Å². The first-order valence-corrected chi connectivity index (χ1v) is 14.0. The molecule has 1 aliphatic rings. The van der Waals surface area contributed by atoms with Gasteiger partial charge in [0, 0.05) is 17.9 Å². The molecule has 0 saturated carbocycles. The molecule has 3 aromatic rings. The number of nitrogens with one attached hydrogen (secondary N) is 1. The molecule has 0 radical (unpaired) electrons. The number of hydrogen-bond donors (Lipinski definition) is 1. The van der Waals surface area contributed by atoms with Gasteiger partial charge >= 0.3 is 17.8 Å². The fourth-order valence-corrected chi connectivity index (χ4v) is 5.32. The van der Waals surface area contributed by atoms with Crippen molar-refractivity contribution in [3.63, 3.8) is 0 Å². The summed E-state index contributed by atoms with van der Waals surface area (Å²) in [6.07, 6.45) is -1.26. The molecule has 0 bridgehead atoms. The number of carbonyl (C=O) groups excluding carboxylic acids is 2. The Hall–Kier alpha value is -4.90. The van der Waals surface area contributed by atoms with Crippen LogP contribution in [0.1, 0.15) is 54.5 Å². The van der Waals surface area contributed by atoms with E-state index in [0.29, 0.717) is 17.5 Å². The van der Waals surface area contributed by atoms with Crippen LogP contribution in [0.15, 0.2) is 58.5 Å². The van der Waals surface area contributed by atoms with Gasteiger partial charge in [0.05, 0.1) is 57.6 Å². The van der Waals surface area contributed by atoms with Gasteiger partial charge in [-0.15, -0.1) is 5.10 Å². The highest BCUT2D eigenvalue weighted by Gasteiger charge is 2.41. The van der Waals surface area contributed by atoms with E-state index in [1.54, 1.807) is 25.1 Å². The van der Waals surface area contributed by atoms with Crippen molar-refractivity contribution in [3.8, 4) is 6.07 Å². The normalized spacial score (nSPS) is 14.6. The van der Waals surface area contributed by atoms with Crippen molar-refractivity contribution in [3.05, 3.63) is 86.5 Å². The number of methoxy groups -OCH3 is 1. The lowest BCUT2D eigenvalue weighted by Crippen LogP contribution is -2.38. The largest absolute Gasteiger partial charge is 0.554 e. The lowest BCUT2D eigenvalue weighted by Gasteiger charge is -2.36. The highest BCUT2D eigenvalue weighted by Crippen LogP contribution is 2.43. The molecular formula is C31H35F3N6O5. The van der Waals surface area contributed by atoms with Crippen molar-refractivity contribution in [2.75, 3.05) is 39.7 Å². The van der Waals surface area contributed by atoms with Crippen LogP contribution in [0.25, 0.3) is 0 Å². The Bertz CT molecular complexity index is 1660. The summed E-state index contributed by atoms with van der Waals surface area (Å²) in [5.41, 5.74) is 0.677. The average molecular weight is 629 g/mol. The van der Waals surface area contributed by atoms with Crippen molar-refractivity contribution in [2.45, 2.75) is 44.8 Å². The Morgan fingerprint density at radius 2 is 1.87 bits per heavy atom. The van der Waals surface area contributed by atoms with E-state index in [2.05, 4.69) is 37.4 Å². The van der Waals surface area contributed by atoms with Gasteiger partial charge in [0.25, 0.3) is 0 Å². The van der Waals surface area contributed by atoms with Gasteiger partial charge in [-0.25, -0.2) is 19.3 Å². The highest BCUT2D eigenvalue weighted by atomic mass is 19.4. The summed E-state index contributed by atoms with van der Waals surface area (Å²) in [5.74, 6) is -0.723. The Kier molecular flexibility index (Phi) is 11.0. The Morgan fingerprint density at radius 1 is 1.18 bits per heavy atom. The second kappa shape index (κ2) is 14.3. The number of quaternary nitrogens is 1. The maximum atomic E-state index is 13.6. The zero-order valence-electron chi connectivity index (χ0n) is 25.6. The molecule has 1 atom stereocenters. The van der Waals surface area contributed by atoms with Crippen LogP contribution in [-0.2, 0) is 26.9 Å². The average Bonchev–Trinajstić information content (AvgIpc) is 3.36. The predicted molar refractivity (Wildman–Crippen MR) is 157 cm³/mol. The van der Waals surface area contributed by atoms with Gasteiger partial charge in [0.15, 0.2) is 0 Å². The van der Waals surface area contributed by atoms with E-state index < -0.39 is 35.9 Å². The Balaban J connectivity index is 0.00000177. The number of nitriles is 1. The molecule has 0 amide bonds. The van der Waals surface area contributed by atoms with Crippen LogP contribution >= 0.6 is 0 Å². The molecule has 240 valence electrons. The minimum Gasteiger partial charge on any atom is -0.554 e. The molecule has 0 saturated heterocycles. The number of esters is 1. The fourth-order valence-electron chi connectivity index (χ4n) is 5.32. The van der Waals surface area contributed by atoms with Crippen molar-refractivity contribution in [1.29, 1.82) is 5.26 Å². The first-order valence-electron chi connectivity index (χ1n) is 14.0. The van der Waals surface area contributed by atoms with E-state index in [1.165, 1.54) is 28.7 Å². The lowest BCUT2D eigenvalue weighted by atomic mass is 9.88. The van der Waals surface area contributed by atoms with E-state index in [4.69, 9.17) is 14.6 Å². The maximum absolute atomic E-state index is 13.6. The molecule has 45 heavy (non-hydrogen) atoms. The number of rotatable bonds is 9. The predicted octanol–water partition coefficient (Wildman–Crippen LogP) is 3.44. The summed E-state index contributed by atoms with van der Waals surface area (Å²) >= 11 is 0. The minimum absolute atomic E-state index is 0.0210. The minimum atomic E-state index is -4.61. The second-order valence-electron chi connectivity index (χ2n) is 11.4. The number of carboxylic acid groups (broad SMARTS) is 1. The summed E-state index contributed by atoms with van der Waals surface area (Å²) in [7, 11) is 7.59. The molecule has 1 N–H and O–H groups in total. The highest BCUT2D eigenvalue weighted by molar-refractivity contribution is 5.93. The van der Waals surface area contributed by atoms with Gasteiger partial charge in [0.1, 0.15) is 6.04 Å². The van der Waals surface area contributed by atoms with Crippen molar-refractivity contribution in [2.24, 2.45) is 0 Å². The SMILES string of the molecule is COC(=O)C1=C(C)N(c2cccc(C(F)(F)F)c2)c2n[nH]c(=O)n2[C@@H]1c1ccc(C#N)cc1CCCCC[N+](C)(C)C.O=C[O-]. The molecule has 1 aromatic heterocycles. The number of fused-ring (bicyclic) bond motifs is 1. The number of carbonyl (C=O) groups is 2. The second-order valence-corrected chi connectivity index (χ2v) is 11.4. The maximum Gasteiger partial charge on any atom is 0.416 e. The number of aryl methyl sites for hydroxylation is 1. The Morgan fingerprint density at radius 3 is 2.47 bits per heavy atom. The van der Waals surface area contributed by atoms with Crippen LogP contribution in [0.3, 0.4) is 0 Å². The molecule has 0 unspecified atom stereocenters. The Labute approximate surface area is 258 Å². The summed E-state index contributed by atoms with van der Waals surface area (Å²) in [6, 6.07) is 10.8. The third kappa shape index (κ3) is 7.98. The van der Waals surface area contributed by atoms with Crippen molar-refractivity contribution < 1.29 is 37.1 Å². The molecule has 1 aliphatic heterocycles. The number of H-pyrrole nitrogens is 1. The number of unbranched alkanes of at least 4 members (excludes halogenated alkanes) is 2. The number of aromatic amines is 1. The third-order valence-corrected chi connectivity index (χ3v) is 7.32. The number of alkyl halides is 3. The van der Waals surface area contributed by atoms with E-state index in [-0.39, 0.29) is 22.9 Å². The molecule has 0 fully saturated rings. The summed E-state index contributed by atoms with van der Waals surface area (Å²) < 4.78 is 48.0. The van der Waals surface area contributed by atoms with E-state index in [0.717, 1.165) is 48.0 Å². The van der Waals surface area contributed by atoms with E-state index >= 15 is 0 Å². The van der Waals surface area contributed by atoms with Crippen molar-refractivity contribution in [1.82, 2.24) is 14.8 Å². The summed E-state index contributed by atoms with van der Waals surface area (Å²) in [5, 5.41) is 24.4. The number of benzene rings is 2. The fraction of sp³-hybridized carbons (Fsp3) is 0.387. The molecule has 0 spiro atoms. The lowest BCUT2D eigenvalue weighted by molar-refractivity contribution is -0.870. The van der Waals surface area contributed by atoms with Crippen LogP contribution in [0.5, 0.6) is 0 Å². The van der Waals surface area contributed by atoms with Gasteiger partial charge < -0.3 is 19.1 Å². The van der Waals surface area contributed by atoms with Crippen LogP contribution in [0.2, 0.25) is 0 Å². The quantitative estimate of drug-likeness (QED) is 0.164. The molecular weight excluding hydrogens is 593 g/mol.